The zero-order valence-electron chi connectivity index (χ0n) is 10.7. The Morgan fingerprint density at radius 2 is 1.89 bits per heavy atom. The number of benzene rings is 1. The molecule has 0 fully saturated rings. The number of hydrogen-bond acceptors (Lipinski definition) is 4. The highest BCUT2D eigenvalue weighted by molar-refractivity contribution is 9.10. The lowest BCUT2D eigenvalue weighted by molar-refractivity contribution is 1.11. The molecule has 1 aromatic carbocycles. The second-order valence-corrected chi connectivity index (χ2v) is 5.22. The number of aromatic nitrogens is 1. The summed E-state index contributed by atoms with van der Waals surface area (Å²) in [5, 5.41) is 9.14. The molecule has 96 valence electrons. The highest BCUT2D eigenvalue weighted by Crippen LogP contribution is 2.29. The van der Waals surface area contributed by atoms with Crippen LogP contribution in [0.5, 0.6) is 0 Å². The van der Waals surface area contributed by atoms with Gasteiger partial charge in [-0.3, -0.25) is 0 Å². The van der Waals surface area contributed by atoms with E-state index in [0.717, 1.165) is 21.4 Å². The highest BCUT2D eigenvalue weighted by atomic mass is 79.9. The smallest absolute Gasteiger partial charge is 0.144 e. The van der Waals surface area contributed by atoms with E-state index in [1.165, 1.54) is 0 Å². The number of anilines is 2. The summed E-state index contributed by atoms with van der Waals surface area (Å²) in [5.74, 6) is 0.256. The number of pyridine rings is 1. The van der Waals surface area contributed by atoms with Crippen LogP contribution >= 0.6 is 15.9 Å². The van der Waals surface area contributed by atoms with Crippen molar-refractivity contribution < 1.29 is 0 Å². The molecular formula is C14H13BrN4. The molecule has 5 heteroatoms. The van der Waals surface area contributed by atoms with Gasteiger partial charge in [-0.05, 0) is 18.2 Å². The van der Waals surface area contributed by atoms with E-state index < -0.39 is 0 Å². The van der Waals surface area contributed by atoms with Crippen LogP contribution < -0.4 is 10.6 Å². The van der Waals surface area contributed by atoms with Crippen LogP contribution in [-0.4, -0.2) is 19.1 Å². The van der Waals surface area contributed by atoms with Crippen LogP contribution in [0.25, 0.3) is 11.3 Å². The lowest BCUT2D eigenvalue weighted by atomic mass is 10.1. The van der Waals surface area contributed by atoms with Gasteiger partial charge in [0.05, 0.1) is 11.4 Å². The van der Waals surface area contributed by atoms with Gasteiger partial charge in [-0.1, -0.05) is 28.1 Å². The molecule has 2 aromatic rings. The van der Waals surface area contributed by atoms with Crippen molar-refractivity contribution >= 4 is 27.4 Å². The van der Waals surface area contributed by atoms with Crippen LogP contribution in [0.3, 0.4) is 0 Å². The first-order valence-corrected chi connectivity index (χ1v) is 6.46. The van der Waals surface area contributed by atoms with Gasteiger partial charge in [0.25, 0.3) is 0 Å². The van der Waals surface area contributed by atoms with Crippen molar-refractivity contribution in [3.05, 3.63) is 40.4 Å². The quantitative estimate of drug-likeness (QED) is 0.924. The fourth-order valence-electron chi connectivity index (χ4n) is 1.79. The van der Waals surface area contributed by atoms with E-state index in [1.807, 2.05) is 49.3 Å². The molecule has 2 rings (SSSR count). The summed E-state index contributed by atoms with van der Waals surface area (Å²) in [5.41, 5.74) is 8.77. The van der Waals surface area contributed by atoms with Crippen LogP contribution in [0, 0.1) is 11.3 Å². The molecule has 0 saturated carbocycles. The molecule has 0 amide bonds. The van der Waals surface area contributed by atoms with Gasteiger partial charge in [0.1, 0.15) is 17.5 Å². The number of nitrogens with zero attached hydrogens (tertiary/aromatic N) is 3. The van der Waals surface area contributed by atoms with E-state index in [0.29, 0.717) is 5.56 Å². The molecule has 0 aliphatic rings. The lowest BCUT2D eigenvalue weighted by Crippen LogP contribution is -2.12. The molecule has 0 spiro atoms. The summed E-state index contributed by atoms with van der Waals surface area (Å²) in [6.45, 7) is 0. The third-order valence-electron chi connectivity index (χ3n) is 2.76. The Kier molecular flexibility index (Phi) is 3.72. The predicted octanol–water partition coefficient (Wildman–Crippen LogP) is 3.03. The Morgan fingerprint density at radius 3 is 2.42 bits per heavy atom. The van der Waals surface area contributed by atoms with E-state index in [1.54, 1.807) is 0 Å². The number of nitrogen functional groups attached to an aromatic ring is 1. The van der Waals surface area contributed by atoms with E-state index in [2.05, 4.69) is 27.0 Å². The molecule has 0 aliphatic carbocycles. The van der Waals surface area contributed by atoms with Crippen molar-refractivity contribution in [3.63, 3.8) is 0 Å². The van der Waals surface area contributed by atoms with Gasteiger partial charge in [0.15, 0.2) is 0 Å². The van der Waals surface area contributed by atoms with Crippen molar-refractivity contribution in [2.75, 3.05) is 24.7 Å². The summed E-state index contributed by atoms with van der Waals surface area (Å²) in [4.78, 5) is 6.16. The third-order valence-corrected chi connectivity index (χ3v) is 3.29. The van der Waals surface area contributed by atoms with E-state index in [-0.39, 0.29) is 5.82 Å². The van der Waals surface area contributed by atoms with Crippen LogP contribution in [0.15, 0.2) is 34.8 Å². The standard InChI is InChI=1S/C14H13BrN4/c1-19(2)13-7-12(18-14(17)11(13)8-16)9-3-5-10(15)6-4-9/h3-7H,1-2H3,(H2,17,18). The van der Waals surface area contributed by atoms with Crippen molar-refractivity contribution in [1.29, 1.82) is 5.26 Å². The maximum atomic E-state index is 9.14. The summed E-state index contributed by atoms with van der Waals surface area (Å²) in [6.07, 6.45) is 0. The van der Waals surface area contributed by atoms with E-state index in [9.17, 15) is 0 Å². The molecule has 1 heterocycles. The topological polar surface area (TPSA) is 65.9 Å². The largest absolute Gasteiger partial charge is 0.383 e. The zero-order chi connectivity index (χ0) is 14.0. The molecule has 0 bridgehead atoms. The van der Waals surface area contributed by atoms with Gasteiger partial charge < -0.3 is 10.6 Å². The van der Waals surface area contributed by atoms with E-state index in [4.69, 9.17) is 11.0 Å². The average Bonchev–Trinajstić information content (AvgIpc) is 2.38. The molecule has 0 atom stereocenters. The molecule has 0 unspecified atom stereocenters. The highest BCUT2D eigenvalue weighted by Gasteiger charge is 2.12. The van der Waals surface area contributed by atoms with Gasteiger partial charge in [-0.15, -0.1) is 0 Å². The minimum absolute atomic E-state index is 0.256. The molecule has 0 radical (unpaired) electrons. The first-order chi connectivity index (χ1) is 9.02. The number of nitrogens with two attached hydrogens (primary N) is 1. The summed E-state index contributed by atoms with van der Waals surface area (Å²) >= 11 is 3.40. The summed E-state index contributed by atoms with van der Waals surface area (Å²) < 4.78 is 1.01. The maximum absolute atomic E-state index is 9.14. The Labute approximate surface area is 120 Å². The predicted molar refractivity (Wildman–Crippen MR) is 80.8 cm³/mol. The first-order valence-electron chi connectivity index (χ1n) is 5.67. The average molecular weight is 317 g/mol. The van der Waals surface area contributed by atoms with Crippen LogP contribution in [-0.2, 0) is 0 Å². The molecule has 2 N–H and O–H groups in total. The Balaban J connectivity index is 2.60. The maximum Gasteiger partial charge on any atom is 0.144 e. The Bertz CT molecular complexity index is 642. The van der Waals surface area contributed by atoms with Crippen molar-refractivity contribution in [1.82, 2.24) is 4.98 Å². The van der Waals surface area contributed by atoms with Crippen molar-refractivity contribution in [2.24, 2.45) is 0 Å². The Morgan fingerprint density at radius 1 is 1.26 bits per heavy atom. The Hall–Kier alpha value is -2.06. The van der Waals surface area contributed by atoms with Gasteiger partial charge in [0.2, 0.25) is 0 Å². The first kappa shape index (κ1) is 13.4. The number of nitriles is 1. The SMILES string of the molecule is CN(C)c1cc(-c2ccc(Br)cc2)nc(N)c1C#N. The molecule has 4 nitrogen and oxygen atoms in total. The lowest BCUT2D eigenvalue weighted by Gasteiger charge is -2.16. The van der Waals surface area contributed by atoms with Crippen LogP contribution in [0.2, 0.25) is 0 Å². The van der Waals surface area contributed by atoms with Gasteiger partial charge >= 0.3 is 0 Å². The molecule has 1 aromatic heterocycles. The number of halogens is 1. The summed E-state index contributed by atoms with van der Waals surface area (Å²) in [6, 6.07) is 11.8. The molecular weight excluding hydrogens is 304 g/mol. The normalized spacial score (nSPS) is 10.0. The minimum atomic E-state index is 0.256. The fraction of sp³-hybridized carbons (Fsp3) is 0.143. The van der Waals surface area contributed by atoms with Gasteiger partial charge in [-0.2, -0.15) is 5.26 Å². The minimum Gasteiger partial charge on any atom is -0.383 e. The van der Waals surface area contributed by atoms with Gasteiger partial charge in [0, 0.05) is 24.1 Å². The summed E-state index contributed by atoms with van der Waals surface area (Å²) in [7, 11) is 3.75. The second-order valence-electron chi connectivity index (χ2n) is 4.30. The van der Waals surface area contributed by atoms with Crippen LogP contribution in [0.1, 0.15) is 5.56 Å². The van der Waals surface area contributed by atoms with Crippen LogP contribution in [0.4, 0.5) is 11.5 Å². The third kappa shape index (κ3) is 2.69. The van der Waals surface area contributed by atoms with Gasteiger partial charge in [-0.25, -0.2) is 4.98 Å². The second kappa shape index (κ2) is 5.29. The van der Waals surface area contributed by atoms with Crippen molar-refractivity contribution in [2.45, 2.75) is 0 Å². The number of hydrogen-bond donors (Lipinski definition) is 1. The molecule has 0 saturated heterocycles. The fourth-order valence-corrected chi connectivity index (χ4v) is 2.05. The molecule has 19 heavy (non-hydrogen) atoms. The molecule has 0 aliphatic heterocycles. The zero-order valence-corrected chi connectivity index (χ0v) is 12.3. The van der Waals surface area contributed by atoms with Crippen molar-refractivity contribution in [3.8, 4) is 17.3 Å². The monoisotopic (exact) mass is 316 g/mol. The number of rotatable bonds is 2. The van der Waals surface area contributed by atoms with E-state index >= 15 is 0 Å².